The fraction of sp³-hybridized carbons (Fsp3) is 0.500. The fourth-order valence-electron chi connectivity index (χ4n) is 1.90. The summed E-state index contributed by atoms with van der Waals surface area (Å²) in [6.45, 7) is 0.938. The third kappa shape index (κ3) is 1.61. The Balaban J connectivity index is 2.15. The maximum Gasteiger partial charge on any atom is 0.318 e. The van der Waals surface area contributed by atoms with Gasteiger partial charge in [0.1, 0.15) is 6.04 Å². The van der Waals surface area contributed by atoms with Crippen molar-refractivity contribution < 1.29 is 9.59 Å². The van der Waals surface area contributed by atoms with Crippen LogP contribution in [0.1, 0.15) is 0 Å². The molecule has 2 unspecified atom stereocenters. The van der Waals surface area contributed by atoms with Crippen molar-refractivity contribution in [2.24, 2.45) is 11.5 Å². The maximum absolute atomic E-state index is 11.1. The molecule has 2 heterocycles. The first kappa shape index (κ1) is 9.78. The van der Waals surface area contributed by atoms with Gasteiger partial charge in [-0.05, 0) is 0 Å². The van der Waals surface area contributed by atoms with Gasteiger partial charge in [-0.25, -0.2) is 4.79 Å². The van der Waals surface area contributed by atoms with Crippen LogP contribution in [0.3, 0.4) is 0 Å². The summed E-state index contributed by atoms with van der Waals surface area (Å²) < 4.78 is 0. The van der Waals surface area contributed by atoms with E-state index in [1.165, 1.54) is 4.90 Å². The van der Waals surface area contributed by atoms with E-state index in [9.17, 15) is 9.59 Å². The van der Waals surface area contributed by atoms with Gasteiger partial charge in [0.25, 0.3) is 0 Å². The number of carbonyl (C=O) groups is 2. The third-order valence-corrected chi connectivity index (χ3v) is 2.72. The Labute approximate surface area is 86.7 Å². The normalized spacial score (nSPS) is 29.1. The number of carbonyl (C=O) groups excluding carboxylic acids is 2. The molecule has 82 valence electrons. The minimum Gasteiger partial charge on any atom is -0.368 e. The molecule has 0 saturated carbocycles. The number of nitrogens with one attached hydrogen (secondary N) is 1. The van der Waals surface area contributed by atoms with Crippen molar-refractivity contribution in [3.8, 4) is 0 Å². The van der Waals surface area contributed by atoms with E-state index in [1.807, 2.05) is 4.90 Å². The van der Waals surface area contributed by atoms with Crippen LogP contribution < -0.4 is 16.8 Å². The standard InChI is InChI=1S/C8H13N5O2/c9-7(14)6-5-3-12(8(10)15)1-2-13(5)4-11-6/h1-2,5-6,11H,3-4H2,(H2,9,14)(H2,10,15). The van der Waals surface area contributed by atoms with Crippen LogP contribution in [0.15, 0.2) is 12.4 Å². The lowest BCUT2D eigenvalue weighted by atomic mass is 10.1. The number of nitrogens with two attached hydrogens (primary N) is 2. The van der Waals surface area contributed by atoms with Gasteiger partial charge in [-0.1, -0.05) is 0 Å². The van der Waals surface area contributed by atoms with Crippen molar-refractivity contribution in [2.75, 3.05) is 13.2 Å². The van der Waals surface area contributed by atoms with E-state index in [-0.39, 0.29) is 6.04 Å². The largest absolute Gasteiger partial charge is 0.368 e. The molecule has 3 amide bonds. The Morgan fingerprint density at radius 2 is 2.07 bits per heavy atom. The van der Waals surface area contributed by atoms with Crippen molar-refractivity contribution in [2.45, 2.75) is 12.1 Å². The zero-order chi connectivity index (χ0) is 11.0. The summed E-state index contributed by atoms with van der Waals surface area (Å²) in [7, 11) is 0. The number of hydrogen-bond donors (Lipinski definition) is 3. The van der Waals surface area contributed by atoms with Gasteiger partial charge >= 0.3 is 6.03 Å². The molecule has 2 aliphatic rings. The third-order valence-electron chi connectivity index (χ3n) is 2.72. The monoisotopic (exact) mass is 211 g/mol. The molecule has 0 bridgehead atoms. The highest BCUT2D eigenvalue weighted by Gasteiger charge is 2.39. The summed E-state index contributed by atoms with van der Waals surface area (Å²) in [5, 5.41) is 2.98. The van der Waals surface area contributed by atoms with Crippen LogP contribution in [0.25, 0.3) is 0 Å². The Morgan fingerprint density at radius 1 is 1.33 bits per heavy atom. The van der Waals surface area contributed by atoms with Gasteiger partial charge in [0.2, 0.25) is 5.91 Å². The molecule has 1 fully saturated rings. The van der Waals surface area contributed by atoms with Crippen molar-refractivity contribution in [1.82, 2.24) is 15.1 Å². The van der Waals surface area contributed by atoms with Gasteiger partial charge in [-0.3, -0.25) is 15.0 Å². The van der Waals surface area contributed by atoms with Crippen LogP contribution in [0.4, 0.5) is 4.79 Å². The average molecular weight is 211 g/mol. The molecule has 0 aromatic heterocycles. The van der Waals surface area contributed by atoms with Gasteiger partial charge < -0.3 is 16.4 Å². The van der Waals surface area contributed by atoms with E-state index < -0.39 is 18.0 Å². The smallest absolute Gasteiger partial charge is 0.318 e. The Bertz CT molecular complexity index is 329. The number of amides is 3. The second-order valence-electron chi connectivity index (χ2n) is 3.61. The summed E-state index contributed by atoms with van der Waals surface area (Å²) in [6.07, 6.45) is 3.33. The predicted octanol–water partition coefficient (Wildman–Crippen LogP) is -2.06. The van der Waals surface area contributed by atoms with Crippen LogP contribution in [-0.2, 0) is 4.79 Å². The first-order chi connectivity index (χ1) is 7.09. The summed E-state index contributed by atoms with van der Waals surface area (Å²) >= 11 is 0. The molecular weight excluding hydrogens is 198 g/mol. The molecule has 5 N–H and O–H groups in total. The van der Waals surface area contributed by atoms with Gasteiger partial charge in [0.15, 0.2) is 0 Å². The summed E-state index contributed by atoms with van der Waals surface area (Å²) in [5.74, 6) is -0.415. The molecule has 7 nitrogen and oxygen atoms in total. The van der Waals surface area contributed by atoms with E-state index in [1.54, 1.807) is 12.4 Å². The minimum atomic E-state index is -0.527. The molecular formula is C8H13N5O2. The van der Waals surface area contributed by atoms with Crippen molar-refractivity contribution in [1.29, 1.82) is 0 Å². The number of urea groups is 1. The molecule has 0 spiro atoms. The highest BCUT2D eigenvalue weighted by atomic mass is 16.2. The SMILES string of the molecule is NC(=O)C1NCN2C=CN(C(N)=O)CC12. The molecule has 0 aliphatic carbocycles. The van der Waals surface area contributed by atoms with Crippen molar-refractivity contribution in [3.05, 3.63) is 12.4 Å². The number of primary amides is 2. The summed E-state index contributed by atoms with van der Waals surface area (Å²) in [5.41, 5.74) is 10.4. The lowest BCUT2D eigenvalue weighted by Gasteiger charge is -2.32. The van der Waals surface area contributed by atoms with E-state index >= 15 is 0 Å². The average Bonchev–Trinajstić information content (AvgIpc) is 2.59. The van der Waals surface area contributed by atoms with Gasteiger partial charge in [-0.15, -0.1) is 0 Å². The summed E-state index contributed by atoms with van der Waals surface area (Å²) in [6, 6.07) is -1.09. The second-order valence-corrected chi connectivity index (χ2v) is 3.61. The Morgan fingerprint density at radius 3 is 2.67 bits per heavy atom. The van der Waals surface area contributed by atoms with E-state index in [2.05, 4.69) is 5.32 Å². The van der Waals surface area contributed by atoms with Gasteiger partial charge in [0, 0.05) is 18.9 Å². The maximum atomic E-state index is 11.1. The number of nitrogens with zero attached hydrogens (tertiary/aromatic N) is 2. The quantitative estimate of drug-likeness (QED) is 0.463. The van der Waals surface area contributed by atoms with Gasteiger partial charge in [0.05, 0.1) is 12.7 Å². The fourth-order valence-corrected chi connectivity index (χ4v) is 1.90. The van der Waals surface area contributed by atoms with Crippen LogP contribution in [0.2, 0.25) is 0 Å². The molecule has 15 heavy (non-hydrogen) atoms. The zero-order valence-electron chi connectivity index (χ0n) is 8.09. The topological polar surface area (TPSA) is 105 Å². The highest BCUT2D eigenvalue weighted by Crippen LogP contribution is 2.18. The molecule has 7 heteroatoms. The van der Waals surface area contributed by atoms with Crippen molar-refractivity contribution >= 4 is 11.9 Å². The molecule has 2 atom stereocenters. The minimum absolute atomic E-state index is 0.125. The Kier molecular flexibility index (Phi) is 2.24. The van der Waals surface area contributed by atoms with E-state index in [4.69, 9.17) is 11.5 Å². The molecule has 1 saturated heterocycles. The van der Waals surface area contributed by atoms with Crippen LogP contribution in [-0.4, -0.2) is 47.0 Å². The first-order valence-electron chi connectivity index (χ1n) is 4.62. The predicted molar refractivity (Wildman–Crippen MR) is 52.0 cm³/mol. The zero-order valence-corrected chi connectivity index (χ0v) is 8.09. The number of rotatable bonds is 1. The van der Waals surface area contributed by atoms with Gasteiger partial charge in [-0.2, -0.15) is 0 Å². The van der Waals surface area contributed by atoms with Crippen LogP contribution in [0.5, 0.6) is 0 Å². The van der Waals surface area contributed by atoms with E-state index in [0.29, 0.717) is 13.2 Å². The van der Waals surface area contributed by atoms with Crippen LogP contribution >= 0.6 is 0 Å². The van der Waals surface area contributed by atoms with Crippen LogP contribution in [0, 0.1) is 0 Å². The second kappa shape index (κ2) is 3.43. The first-order valence-corrected chi connectivity index (χ1v) is 4.62. The lowest BCUT2D eigenvalue weighted by molar-refractivity contribution is -0.120. The summed E-state index contributed by atoms with van der Waals surface area (Å²) in [4.78, 5) is 25.4. The molecule has 2 rings (SSSR count). The van der Waals surface area contributed by atoms with Crippen molar-refractivity contribution in [3.63, 3.8) is 0 Å². The molecule has 0 aromatic rings. The molecule has 0 radical (unpaired) electrons. The van der Waals surface area contributed by atoms with E-state index in [0.717, 1.165) is 0 Å². The molecule has 2 aliphatic heterocycles. The lowest BCUT2D eigenvalue weighted by Crippen LogP contribution is -2.52. The molecule has 0 aromatic carbocycles. The number of hydrogen-bond acceptors (Lipinski definition) is 4. The Hall–Kier alpha value is -1.76. The number of fused-ring (bicyclic) bond motifs is 1. The highest BCUT2D eigenvalue weighted by molar-refractivity contribution is 5.81.